The molecule has 3 aromatic carbocycles. The minimum Gasteiger partial charge on any atom is -0.378 e. The normalized spacial score (nSPS) is 18.8. The van der Waals surface area contributed by atoms with E-state index in [9.17, 15) is 0 Å². The van der Waals surface area contributed by atoms with Gasteiger partial charge in [0.2, 0.25) is 0 Å². The molecule has 0 bridgehead atoms. The molecule has 0 aliphatic carbocycles. The first-order chi connectivity index (χ1) is 16.1. The van der Waals surface area contributed by atoms with E-state index in [4.69, 9.17) is 15.2 Å². The molecular formula is C26H24N6S. The number of hydrogen-bond donors (Lipinski definition) is 0. The summed E-state index contributed by atoms with van der Waals surface area (Å²) < 4.78 is 1.93. The van der Waals surface area contributed by atoms with Crippen molar-refractivity contribution in [1.29, 1.82) is 0 Å². The van der Waals surface area contributed by atoms with E-state index in [1.165, 1.54) is 16.8 Å². The maximum absolute atomic E-state index is 5.08. The van der Waals surface area contributed by atoms with E-state index in [1.807, 2.05) is 16.8 Å². The zero-order valence-corrected chi connectivity index (χ0v) is 19.6. The third-order valence-corrected chi connectivity index (χ3v) is 7.29. The zero-order valence-electron chi connectivity index (χ0n) is 18.8. The van der Waals surface area contributed by atoms with Gasteiger partial charge in [-0.2, -0.15) is 9.78 Å². The van der Waals surface area contributed by atoms with Crippen LogP contribution in [0.5, 0.6) is 0 Å². The number of fused-ring (bicyclic) bond motifs is 3. The van der Waals surface area contributed by atoms with E-state index in [0.717, 1.165) is 28.1 Å². The monoisotopic (exact) mass is 452 g/mol. The molecule has 2 unspecified atom stereocenters. The summed E-state index contributed by atoms with van der Waals surface area (Å²) in [6.07, 6.45) is 0. The van der Waals surface area contributed by atoms with Crippen molar-refractivity contribution in [3.8, 4) is 11.4 Å². The van der Waals surface area contributed by atoms with Crippen LogP contribution in [0.2, 0.25) is 0 Å². The zero-order chi connectivity index (χ0) is 22.5. The van der Waals surface area contributed by atoms with Gasteiger partial charge in [0.05, 0.1) is 11.7 Å². The number of benzene rings is 3. The summed E-state index contributed by atoms with van der Waals surface area (Å²) in [5.41, 5.74) is 5.71. The van der Waals surface area contributed by atoms with Crippen LogP contribution in [-0.4, -0.2) is 39.9 Å². The van der Waals surface area contributed by atoms with Gasteiger partial charge in [-0.1, -0.05) is 65.9 Å². The smallest absolute Gasteiger partial charge is 0.193 e. The van der Waals surface area contributed by atoms with Crippen LogP contribution in [0, 0.1) is 6.92 Å². The molecule has 1 aromatic heterocycles. The van der Waals surface area contributed by atoms with Gasteiger partial charge in [0.15, 0.2) is 16.8 Å². The van der Waals surface area contributed by atoms with Crippen molar-refractivity contribution in [2.45, 2.75) is 23.4 Å². The second kappa shape index (κ2) is 7.78. The molecule has 2 aliphatic rings. The Morgan fingerprint density at radius 3 is 2.42 bits per heavy atom. The van der Waals surface area contributed by atoms with Crippen LogP contribution in [0.4, 0.5) is 11.4 Å². The summed E-state index contributed by atoms with van der Waals surface area (Å²) in [6.45, 7) is 2.09. The number of nitrogens with zero attached hydrogens (tertiary/aromatic N) is 6. The van der Waals surface area contributed by atoms with Crippen molar-refractivity contribution in [3.05, 3.63) is 90.0 Å². The van der Waals surface area contributed by atoms with Crippen LogP contribution < -0.4 is 9.91 Å². The molecular weight excluding hydrogens is 428 g/mol. The van der Waals surface area contributed by atoms with Crippen molar-refractivity contribution < 1.29 is 0 Å². The highest BCUT2D eigenvalue weighted by Crippen LogP contribution is 2.47. The molecule has 2 atom stereocenters. The molecule has 0 saturated heterocycles. The molecule has 0 amide bonds. The lowest BCUT2D eigenvalue weighted by atomic mass is 10.0. The van der Waals surface area contributed by atoms with Crippen LogP contribution in [-0.2, 0) is 0 Å². The van der Waals surface area contributed by atoms with Crippen LogP contribution in [0.15, 0.2) is 89.1 Å². The number of aromatic nitrogens is 3. The minimum absolute atomic E-state index is 0.0644. The Balaban J connectivity index is 1.41. The standard InChI is InChI=1S/C26H24N6S/c1-17-8-7-9-19(16-17)24-27-26-32(28-24)25-23(33-26)22(18-12-14-20(15-13-18)30(2)3)31(29-25)21-10-5-4-6-11-21/h4-16,22-23H,1-3H3. The SMILES string of the molecule is Cc1cccc(-c2nc3n(n2)C2=NN(c4ccccc4)C(c4ccc(N(C)C)cc4)C2S3)c1. The Morgan fingerprint density at radius 1 is 0.909 bits per heavy atom. The summed E-state index contributed by atoms with van der Waals surface area (Å²) >= 11 is 1.74. The molecule has 2 aliphatic heterocycles. The van der Waals surface area contributed by atoms with Gasteiger partial charge in [-0.15, -0.1) is 5.10 Å². The highest BCUT2D eigenvalue weighted by Gasteiger charge is 2.47. The van der Waals surface area contributed by atoms with Gasteiger partial charge in [0.25, 0.3) is 0 Å². The topological polar surface area (TPSA) is 49.6 Å². The number of aryl methyl sites for hydroxylation is 1. The van der Waals surface area contributed by atoms with Crippen LogP contribution in [0.1, 0.15) is 17.2 Å². The van der Waals surface area contributed by atoms with E-state index in [0.29, 0.717) is 0 Å². The van der Waals surface area contributed by atoms with Gasteiger partial charge in [-0.3, -0.25) is 5.01 Å². The Kier molecular flexibility index (Phi) is 4.73. The van der Waals surface area contributed by atoms with Crippen LogP contribution in [0.25, 0.3) is 11.4 Å². The van der Waals surface area contributed by atoms with E-state index >= 15 is 0 Å². The second-order valence-electron chi connectivity index (χ2n) is 8.61. The number of thioether (sulfide) groups is 1. The molecule has 3 heterocycles. The van der Waals surface area contributed by atoms with Gasteiger partial charge in [0, 0.05) is 25.3 Å². The fourth-order valence-electron chi connectivity index (χ4n) is 4.41. The molecule has 6 rings (SSSR count). The summed E-state index contributed by atoms with van der Waals surface area (Å²) in [5.74, 6) is 1.68. The first-order valence-corrected chi connectivity index (χ1v) is 11.9. The third kappa shape index (κ3) is 3.40. The first kappa shape index (κ1) is 20.1. The lowest BCUT2D eigenvalue weighted by Crippen LogP contribution is -2.27. The van der Waals surface area contributed by atoms with E-state index < -0.39 is 0 Å². The molecule has 0 fully saturated rings. The lowest BCUT2D eigenvalue weighted by molar-refractivity contribution is 0.718. The molecule has 7 heteroatoms. The largest absolute Gasteiger partial charge is 0.378 e. The van der Waals surface area contributed by atoms with Gasteiger partial charge in [0.1, 0.15) is 5.25 Å². The van der Waals surface area contributed by atoms with Crippen LogP contribution in [0.3, 0.4) is 0 Å². The second-order valence-corrected chi connectivity index (χ2v) is 9.72. The average Bonchev–Trinajstić information content (AvgIpc) is 3.49. The lowest BCUT2D eigenvalue weighted by Gasteiger charge is -2.27. The molecule has 33 heavy (non-hydrogen) atoms. The predicted octanol–water partition coefficient (Wildman–Crippen LogP) is 5.22. The Morgan fingerprint density at radius 2 is 1.70 bits per heavy atom. The van der Waals surface area contributed by atoms with Crippen molar-refractivity contribution in [3.63, 3.8) is 0 Å². The Bertz CT molecular complexity index is 1340. The fraction of sp³-hybridized carbons (Fsp3) is 0.192. The predicted molar refractivity (Wildman–Crippen MR) is 135 cm³/mol. The molecule has 0 saturated carbocycles. The maximum Gasteiger partial charge on any atom is 0.193 e. The Labute approximate surface area is 197 Å². The van der Waals surface area contributed by atoms with Gasteiger partial charge >= 0.3 is 0 Å². The fourth-order valence-corrected chi connectivity index (χ4v) is 5.66. The van der Waals surface area contributed by atoms with Gasteiger partial charge in [-0.25, -0.2) is 4.98 Å². The quantitative estimate of drug-likeness (QED) is 0.425. The third-order valence-electron chi connectivity index (χ3n) is 6.09. The van der Waals surface area contributed by atoms with E-state index in [2.05, 4.69) is 97.7 Å². The van der Waals surface area contributed by atoms with Gasteiger partial charge < -0.3 is 4.90 Å². The number of hydrazone groups is 1. The van der Waals surface area contributed by atoms with Crippen molar-refractivity contribution in [1.82, 2.24) is 14.8 Å². The summed E-state index contributed by atoms with van der Waals surface area (Å²) in [7, 11) is 4.12. The van der Waals surface area contributed by atoms with E-state index in [1.54, 1.807) is 11.8 Å². The average molecular weight is 453 g/mol. The first-order valence-electron chi connectivity index (χ1n) is 11.0. The van der Waals surface area contributed by atoms with Gasteiger partial charge in [-0.05, 0) is 42.8 Å². The number of rotatable bonds is 4. The molecule has 4 aromatic rings. The molecule has 6 nitrogen and oxygen atoms in total. The number of anilines is 2. The summed E-state index contributed by atoms with van der Waals surface area (Å²) in [6, 6.07) is 27.5. The van der Waals surface area contributed by atoms with Crippen molar-refractivity contribution >= 4 is 29.0 Å². The molecule has 0 spiro atoms. The number of para-hydroxylation sites is 1. The van der Waals surface area contributed by atoms with Crippen molar-refractivity contribution in [2.24, 2.45) is 5.10 Å². The molecule has 164 valence electrons. The highest BCUT2D eigenvalue weighted by molar-refractivity contribution is 8.01. The summed E-state index contributed by atoms with van der Waals surface area (Å²) in [4.78, 5) is 6.97. The molecule has 0 radical (unpaired) electrons. The van der Waals surface area contributed by atoms with Crippen LogP contribution >= 0.6 is 11.8 Å². The Hall–Kier alpha value is -3.58. The van der Waals surface area contributed by atoms with E-state index in [-0.39, 0.29) is 11.3 Å². The highest BCUT2D eigenvalue weighted by atomic mass is 32.2. The van der Waals surface area contributed by atoms with Crippen molar-refractivity contribution in [2.75, 3.05) is 24.0 Å². The minimum atomic E-state index is 0.0644. The maximum atomic E-state index is 5.08. The number of hydrogen-bond acceptors (Lipinski definition) is 6. The summed E-state index contributed by atoms with van der Waals surface area (Å²) in [5, 5.41) is 13.1. The molecule has 0 N–H and O–H groups in total.